The van der Waals surface area contributed by atoms with Gasteiger partial charge in [-0.3, -0.25) is 4.98 Å². The fourth-order valence-corrected chi connectivity index (χ4v) is 4.24. The fraction of sp³-hybridized carbons (Fsp3) is 0.741. The average Bonchev–Trinajstić information content (AvgIpc) is 2.88. The number of amides is 1. The van der Waals surface area contributed by atoms with Crippen molar-refractivity contribution in [2.75, 3.05) is 0 Å². The van der Waals surface area contributed by atoms with Gasteiger partial charge in [0.25, 0.3) is 0 Å². The first kappa shape index (κ1) is 28.1. The van der Waals surface area contributed by atoms with E-state index in [9.17, 15) is 9.59 Å². The summed E-state index contributed by atoms with van der Waals surface area (Å²) in [6, 6.07) is 1.40. The van der Waals surface area contributed by atoms with Gasteiger partial charge in [-0.1, -0.05) is 27.7 Å². The Morgan fingerprint density at radius 2 is 1.82 bits per heavy atom. The van der Waals surface area contributed by atoms with Gasteiger partial charge >= 0.3 is 12.1 Å². The van der Waals surface area contributed by atoms with E-state index in [0.717, 1.165) is 24.1 Å². The van der Waals surface area contributed by atoms with E-state index in [1.54, 1.807) is 34.6 Å². The highest BCUT2D eigenvalue weighted by Gasteiger charge is 2.59. The van der Waals surface area contributed by atoms with E-state index in [1.165, 1.54) is 5.56 Å². The quantitative estimate of drug-likeness (QED) is 0.473. The summed E-state index contributed by atoms with van der Waals surface area (Å²) in [6.45, 7) is 19.4. The molecule has 2 heterocycles. The van der Waals surface area contributed by atoms with Gasteiger partial charge in [-0.05, 0) is 76.0 Å². The summed E-state index contributed by atoms with van der Waals surface area (Å²) in [5.41, 5.74) is 0.986. The maximum Gasteiger partial charge on any atom is 0.407 e. The number of carbonyl (C=O) groups excluding carboxylic acids is 2. The van der Waals surface area contributed by atoms with Crippen LogP contribution in [0.15, 0.2) is 12.3 Å². The molecule has 0 spiro atoms. The van der Waals surface area contributed by atoms with Gasteiger partial charge in [-0.15, -0.1) is 0 Å². The standard InChI is InChI=1S/C27H44N2O5/c1-17(2)11-12-20-14-21(28-16-19(20)5)15-27(23(30)32-26(9,10)34-27)22(13-18(3)4)29-24(31)33-25(6,7)8/h14,16-18,22H,11-13,15H2,1-10H3,(H,29,31)/t22-,27+/m0/s1. The Labute approximate surface area is 205 Å². The summed E-state index contributed by atoms with van der Waals surface area (Å²) in [6.07, 6.45) is 3.97. The van der Waals surface area contributed by atoms with E-state index in [1.807, 2.05) is 20.0 Å². The van der Waals surface area contributed by atoms with Crippen LogP contribution in [-0.4, -0.2) is 40.1 Å². The first-order chi connectivity index (χ1) is 15.5. The largest absolute Gasteiger partial charge is 0.444 e. The number of hydrogen-bond donors (Lipinski definition) is 1. The second-order valence-electron chi connectivity index (χ2n) is 11.8. The van der Waals surface area contributed by atoms with E-state index in [-0.39, 0.29) is 12.3 Å². The minimum atomic E-state index is -1.41. The van der Waals surface area contributed by atoms with Gasteiger partial charge < -0.3 is 19.5 Å². The maximum atomic E-state index is 13.4. The van der Waals surface area contributed by atoms with Crippen molar-refractivity contribution in [2.45, 2.75) is 118 Å². The van der Waals surface area contributed by atoms with Crippen LogP contribution in [0.25, 0.3) is 0 Å². The van der Waals surface area contributed by atoms with Crippen molar-refractivity contribution >= 4 is 12.1 Å². The molecular formula is C27H44N2O5. The second kappa shape index (κ2) is 10.6. The first-order valence-corrected chi connectivity index (χ1v) is 12.4. The monoisotopic (exact) mass is 476 g/mol. The SMILES string of the molecule is Cc1cnc(C[C@]2([C@H](CC(C)C)NC(=O)OC(C)(C)C)OC(C)(C)OC2=O)cc1CCC(C)C. The van der Waals surface area contributed by atoms with Crippen molar-refractivity contribution in [3.05, 3.63) is 29.1 Å². The van der Waals surface area contributed by atoms with Crippen molar-refractivity contribution in [3.8, 4) is 0 Å². The zero-order valence-corrected chi connectivity index (χ0v) is 22.7. The van der Waals surface area contributed by atoms with Crippen LogP contribution in [0.5, 0.6) is 0 Å². The highest BCUT2D eigenvalue weighted by molar-refractivity contribution is 5.84. The van der Waals surface area contributed by atoms with Crippen LogP contribution in [-0.2, 0) is 31.8 Å². The molecule has 192 valence electrons. The molecule has 1 aliphatic heterocycles. The topological polar surface area (TPSA) is 86.8 Å². The predicted octanol–water partition coefficient (Wildman–Crippen LogP) is 5.51. The van der Waals surface area contributed by atoms with Gasteiger partial charge in [0, 0.05) is 32.2 Å². The lowest BCUT2D eigenvalue weighted by atomic mass is 9.83. The van der Waals surface area contributed by atoms with Gasteiger partial charge in [-0.25, -0.2) is 9.59 Å². The van der Waals surface area contributed by atoms with Crippen LogP contribution in [0.4, 0.5) is 4.79 Å². The third-order valence-corrected chi connectivity index (χ3v) is 5.78. The summed E-state index contributed by atoms with van der Waals surface area (Å²) in [7, 11) is 0. The van der Waals surface area contributed by atoms with E-state index >= 15 is 0 Å². The molecule has 7 nitrogen and oxygen atoms in total. The van der Waals surface area contributed by atoms with E-state index in [4.69, 9.17) is 14.2 Å². The smallest absolute Gasteiger partial charge is 0.407 e. The molecule has 1 fully saturated rings. The minimum absolute atomic E-state index is 0.185. The zero-order chi connectivity index (χ0) is 25.9. The molecular weight excluding hydrogens is 432 g/mol. The van der Waals surface area contributed by atoms with Crippen LogP contribution in [0, 0.1) is 18.8 Å². The Kier molecular flexibility index (Phi) is 8.78. The lowest BCUT2D eigenvalue weighted by molar-refractivity contribution is -0.170. The number of ether oxygens (including phenoxy) is 3. The molecule has 0 unspecified atom stereocenters. The van der Waals surface area contributed by atoms with Crippen molar-refractivity contribution in [1.82, 2.24) is 10.3 Å². The number of rotatable bonds is 9. The number of pyridine rings is 1. The van der Waals surface area contributed by atoms with Crippen molar-refractivity contribution in [2.24, 2.45) is 11.8 Å². The van der Waals surface area contributed by atoms with Crippen LogP contribution in [0.1, 0.15) is 92.0 Å². The Balaban J connectivity index is 2.46. The highest BCUT2D eigenvalue weighted by Crippen LogP contribution is 2.39. The van der Waals surface area contributed by atoms with Crippen LogP contribution < -0.4 is 5.32 Å². The molecule has 1 aliphatic rings. The number of alkyl carbamates (subject to hydrolysis) is 1. The third-order valence-electron chi connectivity index (χ3n) is 5.78. The van der Waals surface area contributed by atoms with Gasteiger partial charge in [0.1, 0.15) is 5.60 Å². The van der Waals surface area contributed by atoms with Crippen molar-refractivity contribution in [1.29, 1.82) is 0 Å². The van der Waals surface area contributed by atoms with Gasteiger partial charge in [0.15, 0.2) is 5.60 Å². The highest BCUT2D eigenvalue weighted by atomic mass is 16.8. The van der Waals surface area contributed by atoms with Crippen LogP contribution in [0.2, 0.25) is 0 Å². The second-order valence-corrected chi connectivity index (χ2v) is 11.8. The van der Waals surface area contributed by atoms with Crippen LogP contribution in [0.3, 0.4) is 0 Å². The molecule has 1 N–H and O–H groups in total. The minimum Gasteiger partial charge on any atom is -0.444 e. The normalized spacial score (nSPS) is 21.0. The van der Waals surface area contributed by atoms with Gasteiger partial charge in [-0.2, -0.15) is 0 Å². The molecule has 1 amide bonds. The summed E-state index contributed by atoms with van der Waals surface area (Å²) in [5, 5.41) is 2.93. The first-order valence-electron chi connectivity index (χ1n) is 12.4. The van der Waals surface area contributed by atoms with Gasteiger partial charge in [0.2, 0.25) is 5.79 Å². The van der Waals surface area contributed by atoms with Crippen LogP contribution >= 0.6 is 0 Å². The number of carbonyl (C=O) groups is 2. The molecule has 0 bridgehead atoms. The van der Waals surface area contributed by atoms with E-state index < -0.39 is 35.1 Å². The fourth-order valence-electron chi connectivity index (χ4n) is 4.24. The lowest BCUT2D eigenvalue weighted by Crippen LogP contribution is -2.59. The van der Waals surface area contributed by atoms with E-state index in [0.29, 0.717) is 12.3 Å². The molecule has 7 heteroatoms. The van der Waals surface area contributed by atoms with E-state index in [2.05, 4.69) is 37.1 Å². The zero-order valence-electron chi connectivity index (χ0n) is 22.7. The number of aromatic nitrogens is 1. The molecule has 0 aliphatic carbocycles. The Morgan fingerprint density at radius 1 is 1.18 bits per heavy atom. The number of nitrogens with one attached hydrogen (secondary N) is 1. The Bertz CT molecular complexity index is 872. The van der Waals surface area contributed by atoms with Crippen molar-refractivity contribution < 1.29 is 23.8 Å². The molecule has 0 aromatic carbocycles. The maximum absolute atomic E-state index is 13.4. The predicted molar refractivity (Wildman–Crippen MR) is 132 cm³/mol. The number of esters is 1. The summed E-state index contributed by atoms with van der Waals surface area (Å²) in [4.78, 5) is 30.8. The molecule has 0 saturated carbocycles. The molecule has 2 rings (SSSR count). The number of nitrogens with zero attached hydrogens (tertiary/aromatic N) is 1. The molecule has 1 saturated heterocycles. The number of cyclic esters (lactones) is 1. The van der Waals surface area contributed by atoms with Gasteiger partial charge in [0.05, 0.1) is 6.04 Å². The Hall–Kier alpha value is -2.15. The average molecular weight is 477 g/mol. The van der Waals surface area contributed by atoms with Crippen molar-refractivity contribution in [3.63, 3.8) is 0 Å². The molecule has 2 atom stereocenters. The summed E-state index contributed by atoms with van der Waals surface area (Å²) >= 11 is 0. The number of hydrogen-bond acceptors (Lipinski definition) is 6. The summed E-state index contributed by atoms with van der Waals surface area (Å²) in [5.74, 6) is -0.841. The number of aryl methyl sites for hydroxylation is 2. The molecule has 0 radical (unpaired) electrons. The Morgan fingerprint density at radius 3 is 2.32 bits per heavy atom. The third kappa shape index (κ3) is 7.69. The lowest BCUT2D eigenvalue weighted by Gasteiger charge is -2.36. The summed E-state index contributed by atoms with van der Waals surface area (Å²) < 4.78 is 17.5. The molecule has 1 aromatic rings. The molecule has 34 heavy (non-hydrogen) atoms. The molecule has 1 aromatic heterocycles.